The lowest BCUT2D eigenvalue weighted by atomic mass is 10.2. The van der Waals surface area contributed by atoms with Crippen LogP contribution in [0.1, 0.15) is 12.6 Å². The molecule has 0 spiro atoms. The van der Waals surface area contributed by atoms with Crippen molar-refractivity contribution in [3.63, 3.8) is 0 Å². The van der Waals surface area contributed by atoms with E-state index in [1.54, 1.807) is 0 Å². The topological polar surface area (TPSA) is 63.9 Å². The molecule has 2 aromatic rings. The highest BCUT2D eigenvalue weighted by Crippen LogP contribution is 2.25. The Hall–Kier alpha value is -1.55. The van der Waals surface area contributed by atoms with Crippen molar-refractivity contribution >= 4 is 10.9 Å². The zero-order valence-electron chi connectivity index (χ0n) is 8.08. The maximum atomic E-state index is 5.57. The fourth-order valence-electron chi connectivity index (χ4n) is 1.49. The average Bonchev–Trinajstić information content (AvgIpc) is 2.62. The second kappa shape index (κ2) is 3.67. The van der Waals surface area contributed by atoms with Crippen LogP contribution in [-0.4, -0.2) is 16.8 Å². The van der Waals surface area contributed by atoms with Gasteiger partial charge in [0.25, 0.3) is 0 Å². The Morgan fingerprint density at radius 1 is 1.50 bits per heavy atom. The third-order valence-electron chi connectivity index (χ3n) is 2.13. The molecule has 4 heteroatoms. The van der Waals surface area contributed by atoms with Crippen molar-refractivity contribution in [1.29, 1.82) is 0 Å². The first-order valence-corrected chi connectivity index (χ1v) is 4.65. The average molecular weight is 191 g/mol. The number of aromatic nitrogens is 2. The summed E-state index contributed by atoms with van der Waals surface area (Å²) in [5.74, 6) is 0.806. The van der Waals surface area contributed by atoms with E-state index in [2.05, 4.69) is 10.2 Å². The molecule has 2 rings (SSSR count). The number of fused-ring (bicyclic) bond motifs is 1. The van der Waals surface area contributed by atoms with Crippen LogP contribution in [0, 0.1) is 0 Å². The van der Waals surface area contributed by atoms with E-state index in [1.165, 1.54) is 0 Å². The molecule has 3 N–H and O–H groups in total. The summed E-state index contributed by atoms with van der Waals surface area (Å²) in [4.78, 5) is 0. The van der Waals surface area contributed by atoms with Crippen LogP contribution in [0.4, 0.5) is 0 Å². The molecule has 1 aromatic heterocycles. The largest absolute Gasteiger partial charge is 0.492 e. The molecule has 0 aliphatic carbocycles. The lowest BCUT2D eigenvalue weighted by Gasteiger charge is -2.02. The maximum absolute atomic E-state index is 5.57. The predicted molar refractivity (Wildman–Crippen MR) is 55.2 cm³/mol. The van der Waals surface area contributed by atoms with Crippen LogP contribution >= 0.6 is 0 Å². The Kier molecular flexibility index (Phi) is 2.37. The predicted octanol–water partition coefficient (Wildman–Crippen LogP) is 1.42. The lowest BCUT2D eigenvalue weighted by molar-refractivity contribution is 0.343. The molecule has 0 atom stereocenters. The Morgan fingerprint density at radius 2 is 2.36 bits per heavy atom. The number of nitrogens with two attached hydrogens (primary N) is 1. The van der Waals surface area contributed by atoms with Gasteiger partial charge in [-0.25, -0.2) is 0 Å². The van der Waals surface area contributed by atoms with E-state index in [4.69, 9.17) is 10.5 Å². The fraction of sp³-hybridized carbons (Fsp3) is 0.300. The van der Waals surface area contributed by atoms with Gasteiger partial charge in [-0.05, 0) is 13.0 Å². The van der Waals surface area contributed by atoms with Gasteiger partial charge in [-0.1, -0.05) is 12.1 Å². The van der Waals surface area contributed by atoms with E-state index in [0.717, 1.165) is 22.3 Å². The van der Waals surface area contributed by atoms with Crippen LogP contribution in [0.5, 0.6) is 5.75 Å². The first kappa shape index (κ1) is 9.02. The summed E-state index contributed by atoms with van der Waals surface area (Å²) in [6.45, 7) is 3.06. The van der Waals surface area contributed by atoms with Crippen molar-refractivity contribution < 1.29 is 4.74 Å². The molecular weight excluding hydrogens is 178 g/mol. The van der Waals surface area contributed by atoms with Crippen LogP contribution in [0.25, 0.3) is 10.9 Å². The first-order chi connectivity index (χ1) is 6.86. The summed E-state index contributed by atoms with van der Waals surface area (Å²) in [7, 11) is 0. The molecule has 0 aliphatic rings. The molecule has 0 saturated carbocycles. The molecule has 4 nitrogen and oxygen atoms in total. The number of ether oxygens (including phenoxy) is 1. The molecule has 0 unspecified atom stereocenters. The fourth-order valence-corrected chi connectivity index (χ4v) is 1.49. The number of para-hydroxylation sites is 1. The van der Waals surface area contributed by atoms with E-state index < -0.39 is 0 Å². The van der Waals surface area contributed by atoms with Gasteiger partial charge in [0.2, 0.25) is 0 Å². The summed E-state index contributed by atoms with van der Waals surface area (Å²) in [6, 6.07) is 5.85. The normalized spacial score (nSPS) is 10.7. The minimum absolute atomic E-state index is 0.464. The summed E-state index contributed by atoms with van der Waals surface area (Å²) < 4.78 is 5.45. The Morgan fingerprint density at radius 3 is 3.07 bits per heavy atom. The zero-order valence-corrected chi connectivity index (χ0v) is 8.08. The zero-order chi connectivity index (χ0) is 9.97. The van der Waals surface area contributed by atoms with Crippen molar-refractivity contribution in [3.05, 3.63) is 23.9 Å². The summed E-state index contributed by atoms with van der Waals surface area (Å²) >= 11 is 0. The van der Waals surface area contributed by atoms with E-state index in [9.17, 15) is 0 Å². The molecule has 14 heavy (non-hydrogen) atoms. The van der Waals surface area contributed by atoms with Gasteiger partial charge in [0.05, 0.1) is 12.3 Å². The van der Waals surface area contributed by atoms with Crippen molar-refractivity contribution in [2.24, 2.45) is 5.73 Å². The monoisotopic (exact) mass is 191 g/mol. The smallest absolute Gasteiger partial charge is 0.147 e. The standard InChI is InChI=1S/C10H13N3O/c1-2-14-9-5-3-4-7-8(6-11)12-13-10(7)9/h3-5H,2,6,11H2,1H3,(H,12,13). The molecule has 1 heterocycles. The van der Waals surface area contributed by atoms with E-state index in [-0.39, 0.29) is 0 Å². The number of nitrogens with one attached hydrogen (secondary N) is 1. The van der Waals surface area contributed by atoms with Crippen LogP contribution in [0.3, 0.4) is 0 Å². The number of H-pyrrole nitrogens is 1. The number of rotatable bonds is 3. The number of nitrogens with zero attached hydrogens (tertiary/aromatic N) is 1. The lowest BCUT2D eigenvalue weighted by Crippen LogP contribution is -1.96. The minimum atomic E-state index is 0.464. The van der Waals surface area contributed by atoms with Gasteiger partial charge in [-0.3, -0.25) is 5.10 Å². The highest BCUT2D eigenvalue weighted by molar-refractivity contribution is 5.86. The van der Waals surface area contributed by atoms with E-state index in [0.29, 0.717) is 13.2 Å². The molecular formula is C10H13N3O. The molecule has 0 radical (unpaired) electrons. The number of hydrogen-bond donors (Lipinski definition) is 2. The third kappa shape index (κ3) is 1.33. The van der Waals surface area contributed by atoms with Gasteiger partial charge < -0.3 is 10.5 Å². The van der Waals surface area contributed by atoms with Gasteiger partial charge in [0.1, 0.15) is 11.3 Å². The molecule has 1 aromatic carbocycles. The van der Waals surface area contributed by atoms with Crippen molar-refractivity contribution in [2.45, 2.75) is 13.5 Å². The SMILES string of the molecule is CCOc1cccc2c(CN)[nH]nc12. The Balaban J connectivity index is 2.58. The van der Waals surface area contributed by atoms with Crippen LogP contribution in [0.15, 0.2) is 18.2 Å². The minimum Gasteiger partial charge on any atom is -0.492 e. The van der Waals surface area contributed by atoms with Crippen molar-refractivity contribution in [2.75, 3.05) is 6.61 Å². The van der Waals surface area contributed by atoms with Gasteiger partial charge >= 0.3 is 0 Å². The number of hydrogen-bond acceptors (Lipinski definition) is 3. The molecule has 74 valence electrons. The third-order valence-corrected chi connectivity index (χ3v) is 2.13. The maximum Gasteiger partial charge on any atom is 0.147 e. The number of aromatic amines is 1. The Labute approximate surface area is 82.1 Å². The van der Waals surface area contributed by atoms with Gasteiger partial charge in [-0.15, -0.1) is 0 Å². The second-order valence-electron chi connectivity index (χ2n) is 2.99. The number of benzene rings is 1. The van der Waals surface area contributed by atoms with Crippen molar-refractivity contribution in [3.8, 4) is 5.75 Å². The summed E-state index contributed by atoms with van der Waals surface area (Å²) in [5.41, 5.74) is 7.37. The van der Waals surface area contributed by atoms with Crippen LogP contribution in [-0.2, 0) is 6.54 Å². The molecule has 0 bridgehead atoms. The summed E-state index contributed by atoms with van der Waals surface area (Å²) in [5, 5.41) is 8.13. The molecule has 0 amide bonds. The van der Waals surface area contributed by atoms with Gasteiger partial charge in [-0.2, -0.15) is 5.10 Å². The summed E-state index contributed by atoms with van der Waals surface area (Å²) in [6.07, 6.45) is 0. The molecule has 0 aliphatic heterocycles. The van der Waals surface area contributed by atoms with Gasteiger partial charge in [0, 0.05) is 11.9 Å². The highest BCUT2D eigenvalue weighted by Gasteiger charge is 2.07. The van der Waals surface area contributed by atoms with Crippen molar-refractivity contribution in [1.82, 2.24) is 10.2 Å². The highest BCUT2D eigenvalue weighted by atomic mass is 16.5. The van der Waals surface area contributed by atoms with E-state index in [1.807, 2.05) is 25.1 Å². The molecule has 0 fully saturated rings. The van der Waals surface area contributed by atoms with Gasteiger partial charge in [0.15, 0.2) is 0 Å². The van der Waals surface area contributed by atoms with Crippen LogP contribution in [0.2, 0.25) is 0 Å². The first-order valence-electron chi connectivity index (χ1n) is 4.65. The molecule has 0 saturated heterocycles. The van der Waals surface area contributed by atoms with E-state index >= 15 is 0 Å². The quantitative estimate of drug-likeness (QED) is 0.771. The second-order valence-corrected chi connectivity index (χ2v) is 2.99. The Bertz CT molecular complexity index is 436. The van der Waals surface area contributed by atoms with Crippen LogP contribution < -0.4 is 10.5 Å².